The number of hydrogen-bond acceptors (Lipinski definition) is 10. The number of fused-ring (bicyclic) bond motifs is 4. The van der Waals surface area contributed by atoms with Crippen LogP contribution in [0.5, 0.6) is 5.75 Å². The zero-order chi connectivity index (χ0) is 27.1. The first-order chi connectivity index (χ1) is 18.0. The minimum Gasteiger partial charge on any atom is -0.748 e. The van der Waals surface area contributed by atoms with Crippen molar-refractivity contribution in [2.24, 2.45) is 0 Å². The molecule has 9 nitrogen and oxygen atoms in total. The van der Waals surface area contributed by atoms with E-state index in [1.165, 1.54) is 11.3 Å². The van der Waals surface area contributed by atoms with E-state index in [1.54, 1.807) is 30.2 Å². The average molecular weight is 613 g/mol. The molecule has 1 N–H and O–H groups in total. The number of thioether (sulfide) groups is 1. The fourth-order valence-corrected chi connectivity index (χ4v) is 8.73. The highest BCUT2D eigenvalue weighted by Gasteiger charge is 2.29. The van der Waals surface area contributed by atoms with Crippen molar-refractivity contribution >= 4 is 86.7 Å². The molecule has 0 saturated carbocycles. The van der Waals surface area contributed by atoms with Crippen molar-refractivity contribution in [3.63, 3.8) is 0 Å². The van der Waals surface area contributed by atoms with Crippen molar-refractivity contribution < 1.29 is 35.2 Å². The van der Waals surface area contributed by atoms with E-state index in [0.717, 1.165) is 46.7 Å². The van der Waals surface area contributed by atoms with Gasteiger partial charge >= 0.3 is 0 Å². The van der Waals surface area contributed by atoms with Crippen molar-refractivity contribution in [2.75, 3.05) is 30.1 Å². The Balaban J connectivity index is 1.61. The van der Waals surface area contributed by atoms with Crippen LogP contribution in [0.4, 0.5) is 5.69 Å². The summed E-state index contributed by atoms with van der Waals surface area (Å²) in [5.74, 6) is -0.0409. The van der Waals surface area contributed by atoms with Gasteiger partial charge in [-0.1, -0.05) is 35.2 Å². The Kier molecular flexibility index (Phi) is 7.75. The summed E-state index contributed by atoms with van der Waals surface area (Å²) in [6, 6.07) is 11.8. The van der Waals surface area contributed by atoms with Crippen LogP contribution in [0.2, 0.25) is 0 Å². The monoisotopic (exact) mass is 612 g/mol. The van der Waals surface area contributed by atoms with Gasteiger partial charge < -0.3 is 14.2 Å². The largest absolute Gasteiger partial charge is 0.748 e. The second-order valence-corrected chi connectivity index (χ2v) is 14.8. The van der Waals surface area contributed by atoms with Gasteiger partial charge in [-0.2, -0.15) is 13.0 Å². The van der Waals surface area contributed by atoms with Gasteiger partial charge in [0.25, 0.3) is 15.1 Å². The summed E-state index contributed by atoms with van der Waals surface area (Å²) in [5, 5.41) is 4.73. The first-order valence-corrected chi connectivity index (χ1v) is 17.3. The lowest BCUT2D eigenvalue weighted by Crippen LogP contribution is -2.36. The van der Waals surface area contributed by atoms with Gasteiger partial charge in [-0.15, -0.1) is 11.3 Å². The minimum absolute atomic E-state index is 0.186. The molecule has 0 aliphatic carbocycles. The lowest BCUT2D eigenvalue weighted by molar-refractivity contribution is -0.667. The van der Waals surface area contributed by atoms with E-state index in [9.17, 15) is 25.9 Å². The van der Waals surface area contributed by atoms with Gasteiger partial charge in [-0.25, -0.2) is 8.42 Å². The van der Waals surface area contributed by atoms with Crippen LogP contribution in [0, 0.1) is 0 Å². The van der Waals surface area contributed by atoms with Gasteiger partial charge in [-0.05, 0) is 30.0 Å². The summed E-state index contributed by atoms with van der Waals surface area (Å²) >= 11 is 4.65. The first-order valence-electron chi connectivity index (χ1n) is 11.6. The standard InChI is InChI=1S/C24H24N2O7S5/c1-33-18-14-20-23(16-8-11-34-24(16)18)26(10-5-13-38(30,31)32)22(36-20)15-21-25(9-4-12-37(27,28)29)17-6-2-3-7-19(17)35-21/h2-3,6-8,11,14-15H,4-5,9-10,12-13H2,1H3,(H-,27,28,29,30,31,32). The molecule has 2 aromatic heterocycles. The highest BCUT2D eigenvalue weighted by Crippen LogP contribution is 2.47. The van der Waals surface area contributed by atoms with Crippen LogP contribution < -0.4 is 14.2 Å². The number of aryl methyl sites for hydroxylation is 1. The summed E-state index contributed by atoms with van der Waals surface area (Å²) in [5.41, 5.74) is 1.90. The molecule has 0 fully saturated rings. The van der Waals surface area contributed by atoms with Crippen molar-refractivity contribution in [3.05, 3.63) is 51.8 Å². The molecule has 2 aromatic carbocycles. The Morgan fingerprint density at radius 3 is 2.66 bits per heavy atom. The Morgan fingerprint density at radius 2 is 1.92 bits per heavy atom. The maximum atomic E-state index is 11.4. The van der Waals surface area contributed by atoms with Gasteiger partial charge in [0.2, 0.25) is 5.52 Å². The number of hydrogen-bond donors (Lipinski definition) is 1. The predicted octanol–water partition coefficient (Wildman–Crippen LogP) is 4.54. The van der Waals surface area contributed by atoms with Crippen LogP contribution in [0.3, 0.4) is 0 Å². The van der Waals surface area contributed by atoms with Crippen LogP contribution in [0.1, 0.15) is 17.8 Å². The van der Waals surface area contributed by atoms with E-state index in [4.69, 9.17) is 4.74 Å². The van der Waals surface area contributed by atoms with E-state index in [0.29, 0.717) is 13.1 Å². The number of rotatable bonds is 10. The normalized spacial score (nSPS) is 15.1. The molecule has 0 bridgehead atoms. The molecule has 3 heterocycles. The first kappa shape index (κ1) is 27.4. The molecule has 5 rings (SSSR count). The van der Waals surface area contributed by atoms with Gasteiger partial charge in [0.05, 0.1) is 49.9 Å². The lowest BCUT2D eigenvalue weighted by Gasteiger charge is -2.20. The number of nitrogens with zero attached hydrogens (tertiary/aromatic N) is 2. The predicted molar refractivity (Wildman–Crippen MR) is 152 cm³/mol. The van der Waals surface area contributed by atoms with Crippen molar-refractivity contribution in [3.8, 4) is 5.75 Å². The van der Waals surface area contributed by atoms with Crippen molar-refractivity contribution in [2.45, 2.75) is 24.3 Å². The Labute approximate surface area is 232 Å². The van der Waals surface area contributed by atoms with E-state index in [1.807, 2.05) is 52.8 Å². The summed E-state index contributed by atoms with van der Waals surface area (Å²) in [6.45, 7) is 0.718. The summed E-state index contributed by atoms with van der Waals surface area (Å²) in [6.07, 6.45) is 2.42. The van der Waals surface area contributed by atoms with Gasteiger partial charge in [-0.3, -0.25) is 4.55 Å². The number of thiophene rings is 1. The third kappa shape index (κ3) is 5.86. The molecule has 4 aromatic rings. The van der Waals surface area contributed by atoms with Gasteiger partial charge in [0, 0.05) is 29.7 Å². The van der Waals surface area contributed by atoms with Crippen molar-refractivity contribution in [1.82, 2.24) is 0 Å². The lowest BCUT2D eigenvalue weighted by atomic mass is 10.2. The van der Waals surface area contributed by atoms with E-state index in [2.05, 4.69) is 4.57 Å². The Bertz CT molecular complexity index is 1760. The number of thiazole rings is 1. The van der Waals surface area contributed by atoms with Gasteiger partial charge in [0.15, 0.2) is 6.54 Å². The molecule has 0 unspecified atom stereocenters. The third-order valence-electron chi connectivity index (χ3n) is 6.05. The fourth-order valence-electron chi connectivity index (χ4n) is 4.49. The van der Waals surface area contributed by atoms with Gasteiger partial charge in [0.1, 0.15) is 10.4 Å². The topological polar surface area (TPSA) is 128 Å². The fraction of sp³-hybridized carbons (Fsp3) is 0.292. The molecule has 0 atom stereocenters. The zero-order valence-electron chi connectivity index (χ0n) is 20.2. The van der Waals surface area contributed by atoms with E-state index in [-0.39, 0.29) is 18.6 Å². The van der Waals surface area contributed by atoms with Crippen LogP contribution in [0.25, 0.3) is 26.4 Å². The number of para-hydroxylation sites is 1. The molecule has 0 spiro atoms. The molecule has 14 heteroatoms. The molecule has 38 heavy (non-hydrogen) atoms. The van der Waals surface area contributed by atoms with Crippen LogP contribution >= 0.6 is 34.4 Å². The average Bonchev–Trinajstić information content (AvgIpc) is 3.53. The maximum Gasteiger partial charge on any atom is 0.265 e. The smallest absolute Gasteiger partial charge is 0.265 e. The number of benzene rings is 2. The molecular weight excluding hydrogens is 589 g/mol. The highest BCUT2D eigenvalue weighted by atomic mass is 32.2. The van der Waals surface area contributed by atoms with E-state index < -0.39 is 26.0 Å². The number of methoxy groups -OCH3 is 1. The molecule has 0 saturated heterocycles. The second kappa shape index (κ2) is 10.8. The molecule has 1 aliphatic rings. The van der Waals surface area contributed by atoms with Crippen molar-refractivity contribution in [1.29, 1.82) is 0 Å². The quantitative estimate of drug-likeness (QED) is 0.203. The number of ether oxygens (including phenoxy) is 1. The molecule has 1 aliphatic heterocycles. The molecule has 202 valence electrons. The minimum atomic E-state index is -4.32. The highest BCUT2D eigenvalue weighted by molar-refractivity contribution is 8.04. The maximum absolute atomic E-state index is 11.4. The summed E-state index contributed by atoms with van der Waals surface area (Å²) in [7, 11) is -6.80. The Hall–Kier alpha value is -2.20. The molecule has 0 amide bonds. The number of aromatic nitrogens is 1. The molecule has 0 radical (unpaired) electrons. The third-order valence-corrected chi connectivity index (χ3v) is 10.8. The van der Waals surface area contributed by atoms with Crippen LogP contribution in [-0.2, 0) is 26.8 Å². The van der Waals surface area contributed by atoms with Crippen LogP contribution in [0.15, 0.2) is 51.7 Å². The number of anilines is 1. The summed E-state index contributed by atoms with van der Waals surface area (Å²) in [4.78, 5) is 3.03. The molecular formula is C24H24N2O7S5. The zero-order valence-corrected chi connectivity index (χ0v) is 24.3. The van der Waals surface area contributed by atoms with Crippen LogP contribution in [-0.4, -0.2) is 51.1 Å². The second-order valence-electron chi connectivity index (χ2n) is 8.64. The van der Waals surface area contributed by atoms with E-state index >= 15 is 0 Å². The SMILES string of the molecule is COc1cc2sc(/C=C3/Sc4ccccc4N3CCCS(=O)(=O)[O-])[n+](CCCS(=O)(=O)O)c2c2ccsc12. The Morgan fingerprint density at radius 1 is 1.13 bits per heavy atom. The summed E-state index contributed by atoms with van der Waals surface area (Å²) < 4.78 is 75.4.